The SMILES string of the molecule is CC[C@H]1CN(c2ncc(NSOOC)cc2Cl)CCN1C1CCN(C(C(=O)OC)c2ccc(Cl)cc2)CC1.CC[C@H]1CN(c2ncc(NSOOC)cc2Cl)CCN1C1CCN(C(CO)c2ccc(Cl)cc2)CC1. The predicted molar refractivity (Wildman–Crippen MR) is 300 cm³/mol. The summed E-state index contributed by atoms with van der Waals surface area (Å²) in [5, 5.41) is 12.7. The number of likely N-dealkylation sites (tertiary alicyclic amines) is 2. The summed E-state index contributed by atoms with van der Waals surface area (Å²) >= 11 is 27.3. The first kappa shape index (κ1) is 58.6. The lowest BCUT2D eigenvalue weighted by Crippen LogP contribution is -2.58. The zero-order valence-electron chi connectivity index (χ0n) is 42.7. The summed E-state index contributed by atoms with van der Waals surface area (Å²) in [6.07, 6.45) is 9.81. The molecule has 4 fully saturated rings. The Morgan fingerprint density at radius 3 is 1.47 bits per heavy atom. The Bertz CT molecular complexity index is 2350. The van der Waals surface area contributed by atoms with Crippen LogP contribution in [0.3, 0.4) is 0 Å². The van der Waals surface area contributed by atoms with Crippen molar-refractivity contribution in [1.29, 1.82) is 0 Å². The van der Waals surface area contributed by atoms with Crippen LogP contribution in [0.5, 0.6) is 0 Å². The zero-order chi connectivity index (χ0) is 52.6. The van der Waals surface area contributed by atoms with Gasteiger partial charge in [-0.2, -0.15) is 0 Å². The largest absolute Gasteiger partial charge is 0.468 e. The van der Waals surface area contributed by atoms with E-state index in [1.807, 2.05) is 60.7 Å². The summed E-state index contributed by atoms with van der Waals surface area (Å²) in [7, 11) is 4.34. The average molecular weight is 1140 g/mol. The number of aliphatic hydroxyl groups is 1. The van der Waals surface area contributed by atoms with Crippen LogP contribution >= 0.6 is 70.9 Å². The number of aromatic nitrogens is 2. The minimum absolute atomic E-state index is 0.0205. The number of benzene rings is 2. The minimum atomic E-state index is -0.415. The summed E-state index contributed by atoms with van der Waals surface area (Å²) in [6, 6.07) is 20.5. The number of halogens is 4. The first-order chi connectivity index (χ1) is 36.0. The van der Waals surface area contributed by atoms with Crippen molar-refractivity contribution in [1.82, 2.24) is 29.6 Å². The Hall–Kier alpha value is -3.09. The molecule has 0 radical (unpaired) electrons. The van der Waals surface area contributed by atoms with Crippen molar-refractivity contribution in [3.63, 3.8) is 0 Å². The van der Waals surface area contributed by atoms with E-state index < -0.39 is 6.04 Å². The second kappa shape index (κ2) is 29.6. The number of methoxy groups -OCH3 is 1. The van der Waals surface area contributed by atoms with Crippen molar-refractivity contribution in [2.24, 2.45) is 0 Å². The predicted octanol–water partition coefficient (Wildman–Crippen LogP) is 10.3. The van der Waals surface area contributed by atoms with Gasteiger partial charge in [0.15, 0.2) is 0 Å². The fourth-order valence-electron chi connectivity index (χ4n) is 10.8. The van der Waals surface area contributed by atoms with Crippen LogP contribution in [0.1, 0.15) is 75.6 Å². The van der Waals surface area contributed by atoms with Gasteiger partial charge in [-0.15, -0.1) is 8.67 Å². The smallest absolute Gasteiger partial charge is 0.327 e. The van der Waals surface area contributed by atoms with Gasteiger partial charge in [0.1, 0.15) is 42.1 Å². The van der Waals surface area contributed by atoms with Gasteiger partial charge in [-0.05, 0) is 86.1 Å². The molecule has 0 saturated carbocycles. The number of carbonyl (C=O) groups is 1. The van der Waals surface area contributed by atoms with E-state index in [1.54, 1.807) is 12.4 Å². The molecule has 4 aliphatic heterocycles. The molecule has 0 amide bonds. The quantitative estimate of drug-likeness (QED) is 0.0192. The first-order valence-corrected chi connectivity index (χ1v) is 28.2. The third kappa shape index (κ3) is 15.6. The maximum atomic E-state index is 12.7. The van der Waals surface area contributed by atoms with E-state index in [2.05, 4.69) is 72.4 Å². The molecule has 2 unspecified atom stereocenters. The highest BCUT2D eigenvalue weighted by Crippen LogP contribution is 2.35. The molecule has 0 aliphatic carbocycles. The van der Waals surface area contributed by atoms with Gasteiger partial charge < -0.3 is 29.1 Å². The van der Waals surface area contributed by atoms with E-state index in [-0.39, 0.29) is 18.6 Å². The Morgan fingerprint density at radius 2 is 1.08 bits per heavy atom. The maximum Gasteiger partial charge on any atom is 0.327 e. The summed E-state index contributed by atoms with van der Waals surface area (Å²) in [5.41, 5.74) is 3.52. The van der Waals surface area contributed by atoms with Gasteiger partial charge in [-0.25, -0.2) is 24.5 Å². The summed E-state index contributed by atoms with van der Waals surface area (Å²) in [4.78, 5) is 45.6. The number of esters is 1. The Balaban J connectivity index is 0.000000217. The fraction of sp³-hybridized carbons (Fsp3) is 0.549. The number of anilines is 4. The molecule has 8 rings (SSSR count). The van der Waals surface area contributed by atoms with Gasteiger partial charge in [-0.1, -0.05) is 84.5 Å². The van der Waals surface area contributed by atoms with Gasteiger partial charge in [0.2, 0.25) is 0 Å². The van der Waals surface area contributed by atoms with Crippen LogP contribution in [-0.4, -0.2) is 158 Å². The summed E-state index contributed by atoms with van der Waals surface area (Å²) < 4.78 is 20.7. The lowest BCUT2D eigenvalue weighted by Gasteiger charge is -2.48. The Labute approximate surface area is 465 Å². The molecular formula is C51H70Cl4N10O7S2. The van der Waals surface area contributed by atoms with E-state index in [9.17, 15) is 9.90 Å². The highest BCUT2D eigenvalue weighted by atomic mass is 35.5. The second-order valence-electron chi connectivity index (χ2n) is 18.7. The molecule has 4 saturated heterocycles. The van der Waals surface area contributed by atoms with Crippen molar-refractivity contribution >= 4 is 99.8 Å². The van der Waals surface area contributed by atoms with Crippen LogP contribution in [-0.2, 0) is 28.0 Å². The number of piperidine rings is 2. The van der Waals surface area contributed by atoms with Crippen molar-refractivity contribution in [3.05, 3.63) is 104 Å². The van der Waals surface area contributed by atoms with E-state index >= 15 is 0 Å². The van der Waals surface area contributed by atoms with Gasteiger partial charge >= 0.3 is 5.97 Å². The van der Waals surface area contributed by atoms with Gasteiger partial charge in [0.25, 0.3) is 0 Å². The Kier molecular flexibility index (Phi) is 23.4. The molecule has 4 aliphatic rings. The molecule has 0 spiro atoms. The van der Waals surface area contributed by atoms with Crippen LogP contribution in [0.4, 0.5) is 23.0 Å². The first-order valence-electron chi connectivity index (χ1n) is 25.2. The number of ether oxygens (including phenoxy) is 1. The third-order valence-corrected chi connectivity index (χ3v) is 16.7. The Morgan fingerprint density at radius 1 is 0.649 bits per heavy atom. The van der Waals surface area contributed by atoms with Crippen LogP contribution < -0.4 is 19.2 Å². The average Bonchev–Trinajstić information content (AvgIpc) is 3.42. The van der Waals surface area contributed by atoms with Gasteiger partial charge in [-0.3, -0.25) is 19.6 Å². The maximum absolute atomic E-state index is 12.7. The molecule has 74 heavy (non-hydrogen) atoms. The highest BCUT2D eigenvalue weighted by molar-refractivity contribution is 7.96. The molecule has 2 aromatic heterocycles. The van der Waals surface area contributed by atoms with Crippen molar-refractivity contribution in [2.45, 2.75) is 88.6 Å². The highest BCUT2D eigenvalue weighted by Gasteiger charge is 2.38. The van der Waals surface area contributed by atoms with Crippen LogP contribution in [0, 0.1) is 0 Å². The van der Waals surface area contributed by atoms with E-state index in [0.29, 0.717) is 39.2 Å². The minimum Gasteiger partial charge on any atom is -0.468 e. The monoisotopic (exact) mass is 1140 g/mol. The molecule has 2 aromatic carbocycles. The molecule has 4 atom stereocenters. The molecule has 3 N–H and O–H groups in total. The van der Waals surface area contributed by atoms with E-state index in [0.717, 1.165) is 168 Å². The molecular weight excluding hydrogens is 1070 g/mol. The number of hydrogen-bond acceptors (Lipinski definition) is 19. The molecule has 4 aromatic rings. The summed E-state index contributed by atoms with van der Waals surface area (Å²) in [5.74, 6) is 1.38. The third-order valence-electron chi connectivity index (χ3n) is 14.5. The normalized spacial score (nSPS) is 20.7. The topological polar surface area (TPSA) is 153 Å². The van der Waals surface area contributed by atoms with Crippen LogP contribution in [0.25, 0.3) is 0 Å². The van der Waals surface area contributed by atoms with Gasteiger partial charge in [0, 0.05) is 99.7 Å². The number of carbonyl (C=O) groups excluding carboxylic acids is 1. The van der Waals surface area contributed by atoms with Crippen molar-refractivity contribution in [3.8, 4) is 0 Å². The van der Waals surface area contributed by atoms with E-state index in [1.165, 1.54) is 21.3 Å². The molecule has 6 heterocycles. The van der Waals surface area contributed by atoms with Crippen molar-refractivity contribution in [2.75, 3.05) is 113 Å². The lowest BCUT2D eigenvalue weighted by atomic mass is 9.95. The molecule has 17 nitrogen and oxygen atoms in total. The van der Waals surface area contributed by atoms with Gasteiger partial charge in [0.05, 0.1) is 67.8 Å². The standard InChI is InChI=1S/C26H35Cl2N5O4S.C25H35Cl2N5O3S/c1-4-21-17-32(25-23(28)15-20(16-29-25)30-38-37-36-3)13-14-33(21)22-9-11-31(12-10-22)24(26(34)35-2)18-5-7-19(27)8-6-18;1-3-21-16-31(25-23(27)14-20(15-28-25)29-36-35-34-2)12-13-32(21)22-8-10-30(11-9-22)24(17-33)18-4-6-19(26)7-5-18/h5-8,15-16,21-22,24,30H,4,9-14,17H2,1-3H3;4-7,14-15,21-22,24,29,33H,3,8-13,16-17H2,1-2H3/t2*21-,24?/m00/s1. The number of pyridine rings is 2. The lowest BCUT2D eigenvalue weighted by molar-refractivity contribution is -0.159. The van der Waals surface area contributed by atoms with E-state index in [4.69, 9.17) is 59.8 Å². The second-order valence-corrected chi connectivity index (χ2v) is 21.4. The number of rotatable bonds is 20. The summed E-state index contributed by atoms with van der Waals surface area (Å²) in [6.45, 7) is 13.7. The number of nitrogens with zero attached hydrogens (tertiary/aromatic N) is 8. The molecule has 406 valence electrons. The fourth-order valence-corrected chi connectivity index (χ4v) is 12.3. The number of nitrogens with one attached hydrogen (secondary N) is 2. The number of piperazine rings is 2. The van der Waals surface area contributed by atoms with Crippen LogP contribution in [0.15, 0.2) is 73.1 Å². The molecule has 0 bridgehead atoms. The zero-order valence-corrected chi connectivity index (χ0v) is 47.4. The molecule has 23 heteroatoms. The van der Waals surface area contributed by atoms with Crippen molar-refractivity contribution < 1.29 is 33.1 Å². The number of aliphatic hydroxyl groups excluding tert-OH is 1. The number of hydrogen-bond donors (Lipinski definition) is 3. The van der Waals surface area contributed by atoms with Crippen LogP contribution in [0.2, 0.25) is 20.1 Å².